The zero-order chi connectivity index (χ0) is 22.3. The smallest absolute Gasteiger partial charge is 0.338 e. The highest BCUT2D eigenvalue weighted by atomic mass is 32.2. The summed E-state index contributed by atoms with van der Waals surface area (Å²) in [4.78, 5) is 24.5. The number of hydrogen-bond donors (Lipinski definition) is 1. The van der Waals surface area contributed by atoms with E-state index < -0.39 is 28.5 Å². The molecule has 0 atom stereocenters. The Morgan fingerprint density at radius 3 is 2.35 bits per heavy atom. The van der Waals surface area contributed by atoms with Crippen molar-refractivity contribution in [3.05, 3.63) is 54.1 Å². The number of carbonyl (C=O) groups is 2. The molecule has 2 aromatic carbocycles. The first-order valence-corrected chi connectivity index (χ1v) is 11.6. The van der Waals surface area contributed by atoms with Gasteiger partial charge in [-0.25, -0.2) is 13.2 Å². The summed E-state index contributed by atoms with van der Waals surface area (Å²) in [5.74, 6) is -0.699. The van der Waals surface area contributed by atoms with Crippen LogP contribution in [0, 0.1) is 0 Å². The van der Waals surface area contributed by atoms with Crippen LogP contribution in [-0.4, -0.2) is 50.9 Å². The number of anilines is 1. The molecule has 2 aromatic rings. The molecule has 1 fully saturated rings. The highest BCUT2D eigenvalue weighted by molar-refractivity contribution is 7.89. The number of nitrogens with one attached hydrogen (secondary N) is 1. The number of rotatable bonds is 8. The van der Waals surface area contributed by atoms with Crippen LogP contribution in [-0.2, 0) is 19.6 Å². The quantitative estimate of drug-likeness (QED) is 0.626. The third-order valence-corrected chi connectivity index (χ3v) is 6.75. The molecule has 0 unspecified atom stereocenters. The van der Waals surface area contributed by atoms with E-state index >= 15 is 0 Å². The van der Waals surface area contributed by atoms with Crippen LogP contribution in [0.4, 0.5) is 5.69 Å². The average Bonchev–Trinajstić information content (AvgIpc) is 2.79. The number of nitrogens with zero attached hydrogens (tertiary/aromatic N) is 1. The van der Waals surface area contributed by atoms with Crippen molar-refractivity contribution in [3.8, 4) is 5.75 Å². The molecule has 0 aliphatic carbocycles. The molecule has 0 aromatic heterocycles. The third-order valence-electron chi connectivity index (χ3n) is 4.84. The minimum absolute atomic E-state index is 0.135. The third kappa shape index (κ3) is 5.83. The zero-order valence-corrected chi connectivity index (χ0v) is 18.2. The van der Waals surface area contributed by atoms with E-state index in [0.29, 0.717) is 31.1 Å². The van der Waals surface area contributed by atoms with Gasteiger partial charge in [0.25, 0.3) is 5.91 Å². The van der Waals surface area contributed by atoms with E-state index in [1.165, 1.54) is 28.6 Å². The minimum atomic E-state index is -3.57. The van der Waals surface area contributed by atoms with Gasteiger partial charge in [-0.05, 0) is 56.2 Å². The van der Waals surface area contributed by atoms with E-state index in [1.807, 2.05) is 6.92 Å². The maximum Gasteiger partial charge on any atom is 0.338 e. The minimum Gasteiger partial charge on any atom is -0.492 e. The van der Waals surface area contributed by atoms with Crippen LogP contribution in [0.3, 0.4) is 0 Å². The SMILES string of the molecule is CCOc1ccccc1NC(=O)COC(=O)c1ccc(S(=O)(=O)N2CCCCC2)cc1. The summed E-state index contributed by atoms with van der Waals surface area (Å²) in [5, 5.41) is 2.64. The van der Waals surface area contributed by atoms with E-state index in [1.54, 1.807) is 24.3 Å². The molecule has 1 aliphatic rings. The van der Waals surface area contributed by atoms with Crippen molar-refractivity contribution in [2.24, 2.45) is 0 Å². The van der Waals surface area contributed by atoms with Crippen molar-refractivity contribution < 1.29 is 27.5 Å². The number of esters is 1. The van der Waals surface area contributed by atoms with Gasteiger partial charge in [0.2, 0.25) is 10.0 Å². The molecule has 8 nitrogen and oxygen atoms in total. The van der Waals surface area contributed by atoms with Gasteiger partial charge < -0.3 is 14.8 Å². The largest absolute Gasteiger partial charge is 0.492 e. The fourth-order valence-corrected chi connectivity index (χ4v) is 4.79. The normalized spacial score (nSPS) is 14.6. The molecule has 0 spiro atoms. The van der Waals surface area contributed by atoms with Gasteiger partial charge in [-0.1, -0.05) is 18.6 Å². The standard InChI is InChI=1S/C22H26N2O6S/c1-2-29-20-9-5-4-8-19(20)23-21(25)16-30-22(26)17-10-12-18(13-11-17)31(27,28)24-14-6-3-7-15-24/h4-5,8-13H,2-3,6-7,14-16H2,1H3,(H,23,25). The first kappa shape index (κ1) is 22.8. The number of sulfonamides is 1. The van der Waals surface area contributed by atoms with Crippen molar-refractivity contribution in [3.63, 3.8) is 0 Å². The second-order valence-electron chi connectivity index (χ2n) is 7.04. The predicted octanol–water partition coefficient (Wildman–Crippen LogP) is 3.06. The van der Waals surface area contributed by atoms with Crippen molar-refractivity contribution >= 4 is 27.6 Å². The highest BCUT2D eigenvalue weighted by Crippen LogP contribution is 2.24. The second-order valence-corrected chi connectivity index (χ2v) is 8.98. The van der Waals surface area contributed by atoms with Gasteiger partial charge in [0.1, 0.15) is 5.75 Å². The molecule has 0 saturated carbocycles. The lowest BCUT2D eigenvalue weighted by Gasteiger charge is -2.25. The monoisotopic (exact) mass is 446 g/mol. The highest BCUT2D eigenvalue weighted by Gasteiger charge is 2.26. The Morgan fingerprint density at radius 1 is 1.00 bits per heavy atom. The molecular formula is C22H26N2O6S. The van der Waals surface area contributed by atoms with Crippen LogP contribution in [0.1, 0.15) is 36.5 Å². The molecule has 31 heavy (non-hydrogen) atoms. The first-order chi connectivity index (χ1) is 14.9. The van der Waals surface area contributed by atoms with Gasteiger partial charge in [0.15, 0.2) is 6.61 Å². The maximum atomic E-state index is 12.7. The Labute approximate surface area is 182 Å². The van der Waals surface area contributed by atoms with Gasteiger partial charge in [-0.2, -0.15) is 4.31 Å². The molecule has 9 heteroatoms. The van der Waals surface area contributed by atoms with Crippen LogP contribution in [0.15, 0.2) is 53.4 Å². The number of piperidine rings is 1. The fourth-order valence-electron chi connectivity index (χ4n) is 3.27. The van der Waals surface area contributed by atoms with E-state index in [-0.39, 0.29) is 10.5 Å². The summed E-state index contributed by atoms with van der Waals surface area (Å²) < 4.78 is 37.3. The summed E-state index contributed by atoms with van der Waals surface area (Å²) in [5.41, 5.74) is 0.651. The van der Waals surface area contributed by atoms with Crippen molar-refractivity contribution in [2.45, 2.75) is 31.1 Å². The Hall–Kier alpha value is -2.91. The average molecular weight is 447 g/mol. The number of hydrogen-bond acceptors (Lipinski definition) is 6. The lowest BCUT2D eigenvalue weighted by atomic mass is 10.2. The van der Waals surface area contributed by atoms with Crippen LogP contribution >= 0.6 is 0 Å². The van der Waals surface area contributed by atoms with Gasteiger partial charge in [0, 0.05) is 13.1 Å². The first-order valence-electron chi connectivity index (χ1n) is 10.2. The Morgan fingerprint density at radius 2 is 1.68 bits per heavy atom. The lowest BCUT2D eigenvalue weighted by Crippen LogP contribution is -2.35. The Bertz CT molecular complexity index is 1010. The molecule has 1 aliphatic heterocycles. The number of ether oxygens (including phenoxy) is 2. The summed E-state index contributed by atoms with van der Waals surface area (Å²) in [6.07, 6.45) is 2.73. The van der Waals surface area contributed by atoms with E-state index in [9.17, 15) is 18.0 Å². The summed E-state index contributed by atoms with van der Waals surface area (Å²) >= 11 is 0. The number of benzene rings is 2. The van der Waals surface area contributed by atoms with Gasteiger partial charge >= 0.3 is 5.97 Å². The molecule has 1 heterocycles. The molecular weight excluding hydrogens is 420 g/mol. The molecule has 1 N–H and O–H groups in total. The van der Waals surface area contributed by atoms with Crippen molar-refractivity contribution in [2.75, 3.05) is 31.6 Å². The van der Waals surface area contributed by atoms with Gasteiger partial charge in [-0.3, -0.25) is 4.79 Å². The van der Waals surface area contributed by atoms with Crippen LogP contribution in [0.2, 0.25) is 0 Å². The van der Waals surface area contributed by atoms with Crippen molar-refractivity contribution in [1.82, 2.24) is 4.31 Å². The molecule has 1 amide bonds. The van der Waals surface area contributed by atoms with E-state index in [2.05, 4.69) is 5.32 Å². The molecule has 0 bridgehead atoms. The van der Waals surface area contributed by atoms with E-state index in [4.69, 9.17) is 9.47 Å². The number of amides is 1. The van der Waals surface area contributed by atoms with Crippen LogP contribution < -0.4 is 10.1 Å². The molecule has 1 saturated heterocycles. The van der Waals surface area contributed by atoms with Gasteiger partial charge in [0.05, 0.1) is 22.8 Å². The molecule has 0 radical (unpaired) electrons. The lowest BCUT2D eigenvalue weighted by molar-refractivity contribution is -0.119. The molecule has 3 rings (SSSR count). The van der Waals surface area contributed by atoms with Crippen molar-refractivity contribution in [1.29, 1.82) is 0 Å². The maximum absolute atomic E-state index is 12.7. The summed E-state index contributed by atoms with van der Waals surface area (Å²) in [6, 6.07) is 12.5. The summed E-state index contributed by atoms with van der Waals surface area (Å²) in [6.45, 7) is 2.82. The number of carbonyl (C=O) groups excluding carboxylic acids is 2. The fraction of sp³-hybridized carbons (Fsp3) is 0.364. The van der Waals surface area contributed by atoms with Crippen LogP contribution in [0.5, 0.6) is 5.75 Å². The second kappa shape index (κ2) is 10.4. The zero-order valence-electron chi connectivity index (χ0n) is 17.4. The predicted molar refractivity (Wildman–Crippen MR) is 116 cm³/mol. The topological polar surface area (TPSA) is 102 Å². The number of para-hydroxylation sites is 2. The van der Waals surface area contributed by atoms with Gasteiger partial charge in [-0.15, -0.1) is 0 Å². The Kier molecular flexibility index (Phi) is 7.64. The Balaban J connectivity index is 1.57. The van der Waals surface area contributed by atoms with E-state index in [0.717, 1.165) is 19.3 Å². The summed E-state index contributed by atoms with van der Waals surface area (Å²) in [7, 11) is -3.57. The molecule has 166 valence electrons. The van der Waals surface area contributed by atoms with Crippen LogP contribution in [0.25, 0.3) is 0 Å².